The van der Waals surface area contributed by atoms with Crippen LogP contribution in [0.1, 0.15) is 0 Å². The number of hydrogen-bond donors (Lipinski definition) is 0. The van der Waals surface area contributed by atoms with Crippen LogP contribution in [0.15, 0.2) is 24.3 Å². The summed E-state index contributed by atoms with van der Waals surface area (Å²) in [5.74, 6) is -1.83. The van der Waals surface area contributed by atoms with Crippen molar-refractivity contribution in [2.75, 3.05) is 0 Å². The first-order valence-corrected chi connectivity index (χ1v) is 4.97. The fourth-order valence-corrected chi connectivity index (χ4v) is 1.70. The fourth-order valence-electron chi connectivity index (χ4n) is 1.25. The Morgan fingerprint density at radius 3 is 2.12 bits per heavy atom. The molecule has 2 aromatic heterocycles. The van der Waals surface area contributed by atoms with Crippen LogP contribution >= 0.6 is 23.2 Å². The molecule has 16 heavy (non-hydrogen) atoms. The zero-order valence-corrected chi connectivity index (χ0v) is 9.23. The number of halogens is 4. The smallest absolute Gasteiger partial charge is 0.216 e. The van der Waals surface area contributed by atoms with E-state index >= 15 is 0 Å². The maximum atomic E-state index is 12.9. The normalized spacial score (nSPS) is 10.5. The quantitative estimate of drug-likeness (QED) is 0.731. The standard InChI is InChI=1S/C10H4Cl2F2N2/c11-7-2-1-6(10(12)15-7)5-3-8(13)16-9(14)4-5/h1-4H. The van der Waals surface area contributed by atoms with E-state index in [-0.39, 0.29) is 15.9 Å². The topological polar surface area (TPSA) is 25.8 Å². The summed E-state index contributed by atoms with van der Waals surface area (Å²) in [7, 11) is 0. The van der Waals surface area contributed by atoms with Gasteiger partial charge in [-0.2, -0.15) is 13.8 Å². The van der Waals surface area contributed by atoms with E-state index in [1.54, 1.807) is 0 Å². The summed E-state index contributed by atoms with van der Waals surface area (Å²) in [5, 5.41) is 0.293. The fraction of sp³-hybridized carbons (Fsp3) is 0. The average molecular weight is 261 g/mol. The molecule has 0 fully saturated rings. The lowest BCUT2D eigenvalue weighted by molar-refractivity contribution is 0.513. The summed E-state index contributed by atoms with van der Waals surface area (Å²) in [4.78, 5) is 6.76. The van der Waals surface area contributed by atoms with Crippen molar-refractivity contribution in [3.05, 3.63) is 46.5 Å². The minimum absolute atomic E-state index is 0.0810. The summed E-state index contributed by atoms with van der Waals surface area (Å²) >= 11 is 11.4. The van der Waals surface area contributed by atoms with Gasteiger partial charge >= 0.3 is 0 Å². The first-order chi connectivity index (χ1) is 7.56. The molecule has 0 aromatic carbocycles. The molecular formula is C10H4Cl2F2N2. The van der Waals surface area contributed by atoms with Crippen molar-refractivity contribution < 1.29 is 8.78 Å². The van der Waals surface area contributed by atoms with Gasteiger partial charge in [0.2, 0.25) is 11.9 Å². The van der Waals surface area contributed by atoms with Gasteiger partial charge in [0.15, 0.2) is 0 Å². The van der Waals surface area contributed by atoms with Crippen molar-refractivity contribution in [2.24, 2.45) is 0 Å². The van der Waals surface area contributed by atoms with Crippen LogP contribution < -0.4 is 0 Å². The molecule has 0 aliphatic heterocycles. The van der Waals surface area contributed by atoms with Gasteiger partial charge in [0.1, 0.15) is 10.3 Å². The van der Waals surface area contributed by atoms with E-state index in [9.17, 15) is 8.78 Å². The van der Waals surface area contributed by atoms with Gasteiger partial charge in [0.05, 0.1) is 0 Å². The lowest BCUT2D eigenvalue weighted by Gasteiger charge is -2.04. The summed E-state index contributed by atoms with van der Waals surface area (Å²) < 4.78 is 25.8. The van der Waals surface area contributed by atoms with E-state index in [0.29, 0.717) is 5.56 Å². The van der Waals surface area contributed by atoms with Gasteiger partial charge in [0, 0.05) is 17.7 Å². The molecule has 2 nitrogen and oxygen atoms in total. The Morgan fingerprint density at radius 2 is 1.56 bits per heavy atom. The van der Waals surface area contributed by atoms with E-state index in [0.717, 1.165) is 12.1 Å². The number of aromatic nitrogens is 2. The zero-order chi connectivity index (χ0) is 11.7. The SMILES string of the molecule is Fc1cc(-c2ccc(Cl)nc2Cl)cc(F)n1. The second kappa shape index (κ2) is 4.31. The molecule has 82 valence electrons. The van der Waals surface area contributed by atoms with E-state index in [1.807, 2.05) is 0 Å². The zero-order valence-electron chi connectivity index (χ0n) is 7.72. The molecule has 0 aliphatic carbocycles. The summed E-state index contributed by atoms with van der Waals surface area (Å²) in [6, 6.07) is 5.16. The molecule has 0 radical (unpaired) electrons. The van der Waals surface area contributed by atoms with E-state index in [4.69, 9.17) is 23.2 Å². The largest absolute Gasteiger partial charge is 0.224 e. The summed E-state index contributed by atoms with van der Waals surface area (Å²) in [5.41, 5.74) is 0.658. The van der Waals surface area contributed by atoms with Crippen molar-refractivity contribution >= 4 is 23.2 Å². The van der Waals surface area contributed by atoms with E-state index < -0.39 is 11.9 Å². The van der Waals surface area contributed by atoms with Gasteiger partial charge in [-0.3, -0.25) is 0 Å². The molecule has 0 amide bonds. The third-order valence-corrected chi connectivity index (χ3v) is 2.39. The Kier molecular flexibility index (Phi) is 3.03. The minimum atomic E-state index is -0.916. The third-order valence-electron chi connectivity index (χ3n) is 1.89. The predicted molar refractivity (Wildman–Crippen MR) is 57.4 cm³/mol. The maximum absolute atomic E-state index is 12.9. The number of nitrogens with zero attached hydrogens (tertiary/aromatic N) is 2. The van der Waals surface area contributed by atoms with Crippen LogP contribution in [-0.4, -0.2) is 9.97 Å². The third kappa shape index (κ3) is 2.28. The van der Waals surface area contributed by atoms with Crippen LogP contribution in [0.25, 0.3) is 11.1 Å². The number of rotatable bonds is 1. The molecular weight excluding hydrogens is 257 g/mol. The lowest BCUT2D eigenvalue weighted by atomic mass is 10.1. The van der Waals surface area contributed by atoms with E-state index in [1.165, 1.54) is 12.1 Å². The van der Waals surface area contributed by atoms with Crippen LogP contribution in [0.2, 0.25) is 10.3 Å². The van der Waals surface area contributed by atoms with Crippen LogP contribution in [0.4, 0.5) is 8.78 Å². The molecule has 0 N–H and O–H groups in total. The Balaban J connectivity index is 2.58. The van der Waals surface area contributed by atoms with Crippen molar-refractivity contribution in [1.29, 1.82) is 0 Å². The van der Waals surface area contributed by atoms with Crippen molar-refractivity contribution in [1.82, 2.24) is 9.97 Å². The Hall–Kier alpha value is -1.26. The van der Waals surface area contributed by atoms with Crippen LogP contribution in [0.5, 0.6) is 0 Å². The highest BCUT2D eigenvalue weighted by molar-refractivity contribution is 6.34. The Morgan fingerprint density at radius 1 is 0.938 bits per heavy atom. The van der Waals surface area contributed by atoms with Crippen molar-refractivity contribution in [2.45, 2.75) is 0 Å². The molecule has 0 bridgehead atoms. The second-order valence-corrected chi connectivity index (χ2v) is 3.72. The van der Waals surface area contributed by atoms with Crippen LogP contribution in [0.3, 0.4) is 0 Å². The van der Waals surface area contributed by atoms with Crippen LogP contribution in [-0.2, 0) is 0 Å². The van der Waals surface area contributed by atoms with Gasteiger partial charge in [0.25, 0.3) is 0 Å². The lowest BCUT2D eigenvalue weighted by Crippen LogP contribution is -1.91. The van der Waals surface area contributed by atoms with Gasteiger partial charge in [-0.15, -0.1) is 0 Å². The molecule has 0 saturated heterocycles. The molecule has 2 rings (SSSR count). The van der Waals surface area contributed by atoms with E-state index in [2.05, 4.69) is 9.97 Å². The molecule has 0 aliphatic rings. The Labute approximate surface area is 99.9 Å². The van der Waals surface area contributed by atoms with Crippen LogP contribution in [0, 0.1) is 11.9 Å². The van der Waals surface area contributed by atoms with Crippen molar-refractivity contribution in [3.8, 4) is 11.1 Å². The summed E-state index contributed by atoms with van der Waals surface area (Å²) in [6.45, 7) is 0. The Bertz CT molecular complexity index is 526. The first kappa shape index (κ1) is 11.2. The molecule has 0 atom stereocenters. The molecule has 0 spiro atoms. The summed E-state index contributed by atoms with van der Waals surface area (Å²) in [6.07, 6.45) is 0. The average Bonchev–Trinajstić information content (AvgIpc) is 2.15. The second-order valence-electron chi connectivity index (χ2n) is 2.97. The van der Waals surface area contributed by atoms with Gasteiger partial charge < -0.3 is 0 Å². The monoisotopic (exact) mass is 260 g/mol. The van der Waals surface area contributed by atoms with Gasteiger partial charge in [-0.25, -0.2) is 4.98 Å². The highest BCUT2D eigenvalue weighted by Gasteiger charge is 2.09. The predicted octanol–water partition coefficient (Wildman–Crippen LogP) is 3.73. The molecule has 0 unspecified atom stereocenters. The maximum Gasteiger partial charge on any atom is 0.216 e. The number of hydrogen-bond acceptors (Lipinski definition) is 2. The molecule has 2 aromatic rings. The molecule has 6 heteroatoms. The van der Waals surface area contributed by atoms with Gasteiger partial charge in [-0.05, 0) is 17.7 Å². The van der Waals surface area contributed by atoms with Crippen molar-refractivity contribution in [3.63, 3.8) is 0 Å². The highest BCUT2D eigenvalue weighted by atomic mass is 35.5. The number of pyridine rings is 2. The molecule has 0 saturated carbocycles. The highest BCUT2D eigenvalue weighted by Crippen LogP contribution is 2.28. The minimum Gasteiger partial charge on any atom is -0.224 e. The van der Waals surface area contributed by atoms with Gasteiger partial charge in [-0.1, -0.05) is 23.2 Å². The first-order valence-electron chi connectivity index (χ1n) is 4.22. The molecule has 2 heterocycles.